The van der Waals surface area contributed by atoms with Gasteiger partial charge < -0.3 is 9.30 Å². The number of rotatable bonds is 3. The van der Waals surface area contributed by atoms with E-state index in [9.17, 15) is 4.79 Å². The minimum atomic E-state index is -0.531. The zero-order valence-electron chi connectivity index (χ0n) is 15.1. The molecule has 0 aliphatic rings. The van der Waals surface area contributed by atoms with Crippen molar-refractivity contribution in [3.63, 3.8) is 0 Å². The van der Waals surface area contributed by atoms with Gasteiger partial charge >= 0.3 is 6.09 Å². The number of pyridine rings is 1. The number of amides is 1. The van der Waals surface area contributed by atoms with Gasteiger partial charge in [-0.3, -0.25) is 5.32 Å². The average molecular weight is 317 g/mol. The smallest absolute Gasteiger partial charge is 0.413 e. The van der Waals surface area contributed by atoms with Crippen molar-refractivity contribution in [1.82, 2.24) is 9.55 Å². The number of nitrogens with one attached hydrogen (secondary N) is 1. The molecular formula is C18H27N3O2. The van der Waals surface area contributed by atoms with Gasteiger partial charge in [0.15, 0.2) is 0 Å². The molecule has 23 heavy (non-hydrogen) atoms. The van der Waals surface area contributed by atoms with Gasteiger partial charge in [-0.05, 0) is 58.2 Å². The van der Waals surface area contributed by atoms with E-state index in [1.807, 2.05) is 32.9 Å². The Kier molecular flexibility index (Phi) is 4.68. The van der Waals surface area contributed by atoms with Gasteiger partial charge in [0.1, 0.15) is 17.1 Å². The van der Waals surface area contributed by atoms with Crippen LogP contribution in [0.2, 0.25) is 0 Å². The van der Waals surface area contributed by atoms with E-state index in [2.05, 4.69) is 48.8 Å². The van der Waals surface area contributed by atoms with Crippen LogP contribution in [0.15, 0.2) is 18.3 Å². The lowest BCUT2D eigenvalue weighted by Crippen LogP contribution is -2.27. The highest BCUT2D eigenvalue weighted by Gasteiger charge is 2.18. The van der Waals surface area contributed by atoms with E-state index in [1.165, 1.54) is 5.56 Å². The standard InChI is InChI=1S/C18H27N3O2/c1-11(2)14-10-21(12(3)4)16-13(14)8-9-15(19-16)20-17(22)23-18(5,6)7/h8-12H,1-7H3,(H,19,20,22). The number of carbonyl (C=O) groups is 1. The molecule has 0 aromatic carbocycles. The summed E-state index contributed by atoms with van der Waals surface area (Å²) >= 11 is 0. The summed E-state index contributed by atoms with van der Waals surface area (Å²) in [7, 11) is 0. The largest absolute Gasteiger partial charge is 0.444 e. The van der Waals surface area contributed by atoms with Gasteiger partial charge in [-0.15, -0.1) is 0 Å². The molecule has 5 heteroatoms. The number of hydrogen-bond donors (Lipinski definition) is 1. The molecule has 2 aromatic rings. The number of ether oxygens (including phenoxy) is 1. The summed E-state index contributed by atoms with van der Waals surface area (Å²) in [6.07, 6.45) is 1.67. The van der Waals surface area contributed by atoms with Crippen LogP contribution in [0.3, 0.4) is 0 Å². The maximum atomic E-state index is 11.9. The van der Waals surface area contributed by atoms with E-state index < -0.39 is 11.7 Å². The highest BCUT2D eigenvalue weighted by Crippen LogP contribution is 2.29. The molecule has 1 amide bonds. The minimum absolute atomic E-state index is 0.300. The molecule has 0 bridgehead atoms. The summed E-state index contributed by atoms with van der Waals surface area (Å²) < 4.78 is 7.42. The van der Waals surface area contributed by atoms with Crippen molar-refractivity contribution >= 4 is 22.9 Å². The molecule has 5 nitrogen and oxygen atoms in total. The summed E-state index contributed by atoms with van der Waals surface area (Å²) in [5.74, 6) is 0.922. The first-order valence-electron chi connectivity index (χ1n) is 8.10. The molecule has 126 valence electrons. The normalized spacial score (nSPS) is 12.2. The van der Waals surface area contributed by atoms with Crippen molar-refractivity contribution in [2.24, 2.45) is 0 Å². The van der Waals surface area contributed by atoms with Gasteiger partial charge in [0.25, 0.3) is 0 Å². The quantitative estimate of drug-likeness (QED) is 0.858. The van der Waals surface area contributed by atoms with Gasteiger partial charge in [0.2, 0.25) is 0 Å². The van der Waals surface area contributed by atoms with Crippen LogP contribution in [0.5, 0.6) is 0 Å². The highest BCUT2D eigenvalue weighted by atomic mass is 16.6. The molecule has 1 N–H and O–H groups in total. The third kappa shape index (κ3) is 4.03. The van der Waals surface area contributed by atoms with Crippen LogP contribution in [-0.4, -0.2) is 21.2 Å². The molecule has 0 unspecified atom stereocenters. The van der Waals surface area contributed by atoms with E-state index in [4.69, 9.17) is 4.74 Å². The maximum absolute atomic E-state index is 11.9. The van der Waals surface area contributed by atoms with E-state index >= 15 is 0 Å². The number of fused-ring (bicyclic) bond motifs is 1. The van der Waals surface area contributed by atoms with Crippen LogP contribution in [0.1, 0.15) is 66.0 Å². The summed E-state index contributed by atoms with van der Waals surface area (Å²) in [5.41, 5.74) is 1.62. The Morgan fingerprint density at radius 3 is 2.39 bits per heavy atom. The first kappa shape index (κ1) is 17.3. The summed E-state index contributed by atoms with van der Waals surface area (Å²) in [6.45, 7) is 14.1. The van der Waals surface area contributed by atoms with Crippen LogP contribution in [0.4, 0.5) is 10.6 Å². The van der Waals surface area contributed by atoms with E-state index in [0.717, 1.165) is 11.0 Å². The number of nitrogens with zero attached hydrogens (tertiary/aromatic N) is 2. The lowest BCUT2D eigenvalue weighted by atomic mass is 10.0. The molecule has 0 atom stereocenters. The fourth-order valence-corrected chi connectivity index (χ4v) is 2.48. The number of hydrogen-bond acceptors (Lipinski definition) is 3. The van der Waals surface area contributed by atoms with E-state index in [0.29, 0.717) is 17.8 Å². The molecule has 0 aliphatic heterocycles. The van der Waals surface area contributed by atoms with Crippen molar-refractivity contribution in [1.29, 1.82) is 0 Å². The molecule has 0 radical (unpaired) electrons. The Balaban J connectivity index is 2.38. The van der Waals surface area contributed by atoms with Crippen LogP contribution >= 0.6 is 0 Å². The molecule has 2 heterocycles. The maximum Gasteiger partial charge on any atom is 0.413 e. The van der Waals surface area contributed by atoms with Crippen molar-refractivity contribution in [2.75, 3.05) is 5.32 Å². The Labute approximate surface area is 138 Å². The fraction of sp³-hybridized carbons (Fsp3) is 0.556. The van der Waals surface area contributed by atoms with E-state index in [1.54, 1.807) is 0 Å². The molecule has 2 aromatic heterocycles. The Bertz CT molecular complexity index is 709. The second-order valence-corrected chi connectivity index (χ2v) is 7.43. The van der Waals surface area contributed by atoms with Gasteiger partial charge in [-0.1, -0.05) is 13.8 Å². The van der Waals surface area contributed by atoms with Crippen molar-refractivity contribution < 1.29 is 9.53 Å². The Morgan fingerprint density at radius 2 is 1.87 bits per heavy atom. The number of carbonyl (C=O) groups excluding carboxylic acids is 1. The predicted molar refractivity (Wildman–Crippen MR) is 94.1 cm³/mol. The second kappa shape index (κ2) is 6.22. The van der Waals surface area contributed by atoms with Gasteiger partial charge in [-0.2, -0.15) is 0 Å². The van der Waals surface area contributed by atoms with Crippen molar-refractivity contribution in [3.05, 3.63) is 23.9 Å². The van der Waals surface area contributed by atoms with Gasteiger partial charge in [0.05, 0.1) is 0 Å². The third-order valence-electron chi connectivity index (χ3n) is 3.52. The summed E-state index contributed by atoms with van der Waals surface area (Å²) in [4.78, 5) is 16.5. The topological polar surface area (TPSA) is 56.2 Å². The summed E-state index contributed by atoms with van der Waals surface area (Å²) in [5, 5.41) is 3.84. The second-order valence-electron chi connectivity index (χ2n) is 7.43. The first-order chi connectivity index (χ1) is 10.6. The van der Waals surface area contributed by atoms with Gasteiger partial charge in [0, 0.05) is 17.6 Å². The molecule has 2 rings (SSSR count). The van der Waals surface area contributed by atoms with Gasteiger partial charge in [-0.25, -0.2) is 9.78 Å². The lowest BCUT2D eigenvalue weighted by Gasteiger charge is -2.19. The Hall–Kier alpha value is -2.04. The third-order valence-corrected chi connectivity index (χ3v) is 3.52. The van der Waals surface area contributed by atoms with Crippen LogP contribution in [0, 0.1) is 0 Å². The first-order valence-corrected chi connectivity index (χ1v) is 8.10. The molecule has 0 saturated carbocycles. The SMILES string of the molecule is CC(C)c1cn(C(C)C)c2nc(NC(=O)OC(C)(C)C)ccc12. The van der Waals surface area contributed by atoms with E-state index in [-0.39, 0.29) is 0 Å². The van der Waals surface area contributed by atoms with Crippen LogP contribution in [0.25, 0.3) is 11.0 Å². The number of aromatic nitrogens is 2. The molecule has 0 aliphatic carbocycles. The molecule has 0 spiro atoms. The monoisotopic (exact) mass is 317 g/mol. The number of anilines is 1. The highest BCUT2D eigenvalue weighted by molar-refractivity contribution is 5.88. The summed E-state index contributed by atoms with van der Waals surface area (Å²) in [6, 6.07) is 4.14. The zero-order valence-corrected chi connectivity index (χ0v) is 15.1. The molecular weight excluding hydrogens is 290 g/mol. The minimum Gasteiger partial charge on any atom is -0.444 e. The zero-order chi connectivity index (χ0) is 17.4. The van der Waals surface area contributed by atoms with Crippen molar-refractivity contribution in [2.45, 2.75) is 66.0 Å². The molecule has 0 saturated heterocycles. The average Bonchev–Trinajstić information content (AvgIpc) is 2.75. The van der Waals surface area contributed by atoms with Crippen molar-refractivity contribution in [3.8, 4) is 0 Å². The molecule has 0 fully saturated rings. The lowest BCUT2D eigenvalue weighted by molar-refractivity contribution is 0.0635. The van der Waals surface area contributed by atoms with Crippen LogP contribution in [-0.2, 0) is 4.74 Å². The predicted octanol–water partition coefficient (Wildman–Crippen LogP) is 5.09. The Morgan fingerprint density at radius 1 is 1.22 bits per heavy atom. The van der Waals surface area contributed by atoms with Crippen LogP contribution < -0.4 is 5.32 Å². The fourth-order valence-electron chi connectivity index (χ4n) is 2.48.